The third-order valence-corrected chi connectivity index (χ3v) is 1.61. The van der Waals surface area contributed by atoms with Crippen molar-refractivity contribution in [3.63, 3.8) is 0 Å². The van der Waals surface area contributed by atoms with Crippen LogP contribution < -0.4 is 5.32 Å². The van der Waals surface area contributed by atoms with Crippen molar-refractivity contribution in [1.29, 1.82) is 0 Å². The van der Waals surface area contributed by atoms with E-state index in [0.29, 0.717) is 0 Å². The van der Waals surface area contributed by atoms with E-state index in [4.69, 9.17) is 0 Å². The lowest BCUT2D eigenvalue weighted by atomic mass is 10.2. The molecule has 1 N–H and O–H groups in total. The molecule has 15 heavy (non-hydrogen) atoms. The van der Waals surface area contributed by atoms with Gasteiger partial charge in [-0.25, -0.2) is 0 Å². The van der Waals surface area contributed by atoms with Crippen molar-refractivity contribution in [2.24, 2.45) is 0 Å². The Morgan fingerprint density at radius 3 is 2.27 bits per heavy atom. The van der Waals surface area contributed by atoms with Crippen molar-refractivity contribution in [3.05, 3.63) is 0 Å². The zero-order valence-corrected chi connectivity index (χ0v) is 9.02. The van der Waals surface area contributed by atoms with Gasteiger partial charge in [-0.05, 0) is 6.92 Å². The number of esters is 1. The van der Waals surface area contributed by atoms with Crippen LogP contribution in [0.1, 0.15) is 27.2 Å². The number of nitrogens with one attached hydrogen (secondary N) is 1. The molecule has 0 aliphatic carbocycles. The van der Waals surface area contributed by atoms with Crippen molar-refractivity contribution >= 4 is 5.97 Å². The quantitative estimate of drug-likeness (QED) is 0.729. The highest BCUT2D eigenvalue weighted by molar-refractivity contribution is 5.70. The number of carbonyl (C=O) groups excluding carboxylic acids is 1. The standard InChI is InChI=1S/C9H16F3NO2/c1-4-15-8(14)5-7(9(10,11)12)13-6(2)3/h6-7,13H,4-5H2,1-3H3/t7-/m1/s1. The number of hydrogen-bond acceptors (Lipinski definition) is 3. The molecule has 0 aromatic carbocycles. The lowest BCUT2D eigenvalue weighted by Gasteiger charge is -2.22. The predicted octanol–water partition coefficient (Wildman–Crippen LogP) is 1.87. The summed E-state index contributed by atoms with van der Waals surface area (Å²) in [5, 5.41) is 2.28. The van der Waals surface area contributed by atoms with Crippen molar-refractivity contribution in [3.8, 4) is 0 Å². The van der Waals surface area contributed by atoms with E-state index in [1.165, 1.54) is 0 Å². The van der Waals surface area contributed by atoms with E-state index in [1.807, 2.05) is 0 Å². The number of hydrogen-bond donors (Lipinski definition) is 1. The highest BCUT2D eigenvalue weighted by Crippen LogP contribution is 2.23. The van der Waals surface area contributed by atoms with Gasteiger partial charge in [0, 0.05) is 6.04 Å². The van der Waals surface area contributed by atoms with Crippen LogP contribution in [0.25, 0.3) is 0 Å². The molecule has 0 aromatic heterocycles. The van der Waals surface area contributed by atoms with Crippen LogP contribution >= 0.6 is 0 Å². The van der Waals surface area contributed by atoms with Gasteiger partial charge in [-0.1, -0.05) is 13.8 Å². The average Bonchev–Trinajstić information content (AvgIpc) is 2.00. The molecule has 0 unspecified atom stereocenters. The van der Waals surface area contributed by atoms with E-state index in [9.17, 15) is 18.0 Å². The van der Waals surface area contributed by atoms with Crippen molar-refractivity contribution in [2.45, 2.75) is 45.5 Å². The maximum absolute atomic E-state index is 12.4. The number of carbonyl (C=O) groups is 1. The van der Waals surface area contributed by atoms with Gasteiger partial charge in [0.15, 0.2) is 0 Å². The summed E-state index contributed by atoms with van der Waals surface area (Å²) >= 11 is 0. The van der Waals surface area contributed by atoms with Crippen LogP contribution in [0.2, 0.25) is 0 Å². The summed E-state index contributed by atoms with van der Waals surface area (Å²) in [6.07, 6.45) is -5.12. The van der Waals surface area contributed by atoms with E-state index >= 15 is 0 Å². The molecule has 0 amide bonds. The highest BCUT2D eigenvalue weighted by atomic mass is 19.4. The zero-order chi connectivity index (χ0) is 12.1. The molecule has 1 atom stereocenters. The fraction of sp³-hybridized carbons (Fsp3) is 0.889. The summed E-state index contributed by atoms with van der Waals surface area (Å²) in [5.74, 6) is -0.840. The molecule has 0 fully saturated rings. The molecule has 0 rings (SSSR count). The fourth-order valence-electron chi connectivity index (χ4n) is 1.06. The average molecular weight is 227 g/mol. The summed E-state index contributed by atoms with van der Waals surface area (Å²) in [5.41, 5.74) is 0. The lowest BCUT2D eigenvalue weighted by molar-refractivity contribution is -0.170. The topological polar surface area (TPSA) is 38.3 Å². The highest BCUT2D eigenvalue weighted by Gasteiger charge is 2.41. The Balaban J connectivity index is 4.32. The largest absolute Gasteiger partial charge is 0.466 e. The molecule has 90 valence electrons. The molecule has 6 heteroatoms. The first kappa shape index (κ1) is 14.2. The van der Waals surface area contributed by atoms with Gasteiger partial charge in [-0.15, -0.1) is 0 Å². The second-order valence-electron chi connectivity index (χ2n) is 3.42. The summed E-state index contributed by atoms with van der Waals surface area (Å²) in [4.78, 5) is 10.9. The van der Waals surface area contributed by atoms with Gasteiger partial charge in [0.05, 0.1) is 13.0 Å². The van der Waals surface area contributed by atoms with Crippen LogP contribution in [0.5, 0.6) is 0 Å². The Labute approximate surface area is 87.0 Å². The minimum atomic E-state index is -4.43. The molecule has 0 bridgehead atoms. The number of alkyl halides is 3. The van der Waals surface area contributed by atoms with E-state index in [0.717, 1.165) is 0 Å². The van der Waals surface area contributed by atoms with E-state index in [2.05, 4.69) is 10.1 Å². The van der Waals surface area contributed by atoms with Crippen molar-refractivity contribution in [1.82, 2.24) is 5.32 Å². The second-order valence-corrected chi connectivity index (χ2v) is 3.42. The van der Waals surface area contributed by atoms with E-state index in [1.54, 1.807) is 20.8 Å². The Bertz CT molecular complexity index is 204. The van der Waals surface area contributed by atoms with E-state index in [-0.39, 0.29) is 12.6 Å². The molecule has 0 spiro atoms. The molecule has 3 nitrogen and oxygen atoms in total. The molecular weight excluding hydrogens is 211 g/mol. The smallest absolute Gasteiger partial charge is 0.404 e. The van der Waals surface area contributed by atoms with Crippen LogP contribution in [-0.2, 0) is 9.53 Å². The van der Waals surface area contributed by atoms with Gasteiger partial charge in [0.1, 0.15) is 6.04 Å². The van der Waals surface area contributed by atoms with Crippen LogP contribution in [0.15, 0.2) is 0 Å². The summed E-state index contributed by atoms with van der Waals surface area (Å²) in [6, 6.07) is -2.18. The summed E-state index contributed by atoms with van der Waals surface area (Å²) in [6.45, 7) is 4.81. The number of halogens is 3. The Hall–Kier alpha value is -0.780. The van der Waals surface area contributed by atoms with Gasteiger partial charge in [-0.2, -0.15) is 13.2 Å². The van der Waals surface area contributed by atoms with Crippen LogP contribution in [0.4, 0.5) is 13.2 Å². The molecule has 0 radical (unpaired) electrons. The van der Waals surface area contributed by atoms with Gasteiger partial charge in [0.25, 0.3) is 0 Å². The van der Waals surface area contributed by atoms with Gasteiger partial charge in [-0.3, -0.25) is 4.79 Å². The van der Waals surface area contributed by atoms with Crippen LogP contribution in [0.3, 0.4) is 0 Å². The molecule has 0 aliphatic rings. The maximum atomic E-state index is 12.4. The number of rotatable bonds is 5. The normalized spacial score (nSPS) is 14.1. The number of ether oxygens (including phenoxy) is 1. The fourth-order valence-corrected chi connectivity index (χ4v) is 1.06. The first-order valence-electron chi connectivity index (χ1n) is 4.75. The molecule has 0 saturated carbocycles. The Morgan fingerprint density at radius 1 is 1.40 bits per heavy atom. The SMILES string of the molecule is CCOC(=O)C[C@@H](NC(C)C)C(F)(F)F. The Kier molecular flexibility index (Phi) is 5.64. The monoisotopic (exact) mass is 227 g/mol. The predicted molar refractivity (Wildman–Crippen MR) is 49.4 cm³/mol. The van der Waals surface area contributed by atoms with Crippen LogP contribution in [-0.4, -0.2) is 30.8 Å². The summed E-state index contributed by atoms with van der Waals surface area (Å²) in [7, 11) is 0. The maximum Gasteiger partial charge on any atom is 0.404 e. The minimum absolute atomic E-state index is 0.0884. The first-order chi connectivity index (χ1) is 6.77. The third kappa shape index (κ3) is 6.33. The third-order valence-electron chi connectivity index (χ3n) is 1.61. The Morgan fingerprint density at radius 2 is 1.93 bits per heavy atom. The van der Waals surface area contributed by atoms with Gasteiger partial charge < -0.3 is 10.1 Å². The molecule has 0 saturated heterocycles. The van der Waals surface area contributed by atoms with Gasteiger partial charge >= 0.3 is 12.1 Å². The van der Waals surface area contributed by atoms with Crippen LogP contribution in [0, 0.1) is 0 Å². The van der Waals surface area contributed by atoms with E-state index < -0.39 is 24.6 Å². The summed E-state index contributed by atoms with van der Waals surface area (Å²) < 4.78 is 41.7. The first-order valence-corrected chi connectivity index (χ1v) is 4.75. The lowest BCUT2D eigenvalue weighted by Crippen LogP contribution is -2.46. The second kappa shape index (κ2) is 5.95. The van der Waals surface area contributed by atoms with Gasteiger partial charge in [0.2, 0.25) is 0 Å². The molecular formula is C9H16F3NO2. The zero-order valence-electron chi connectivity index (χ0n) is 9.02. The molecule has 0 aromatic rings. The molecule has 0 aliphatic heterocycles. The minimum Gasteiger partial charge on any atom is -0.466 e. The van der Waals surface area contributed by atoms with Crippen molar-refractivity contribution < 1.29 is 22.7 Å². The van der Waals surface area contributed by atoms with Crippen molar-refractivity contribution in [2.75, 3.05) is 6.61 Å². The molecule has 0 heterocycles.